The van der Waals surface area contributed by atoms with Gasteiger partial charge < -0.3 is 4.42 Å². The number of hydrogen-bond acceptors (Lipinski definition) is 4. The fourth-order valence-corrected chi connectivity index (χ4v) is 3.35. The first-order valence-electron chi connectivity index (χ1n) is 9.06. The van der Waals surface area contributed by atoms with Gasteiger partial charge in [-0.25, -0.2) is 4.98 Å². The van der Waals surface area contributed by atoms with Gasteiger partial charge in [0.2, 0.25) is 0 Å². The predicted molar refractivity (Wildman–Crippen MR) is 115 cm³/mol. The number of hydrogen-bond donors (Lipinski definition) is 0. The number of halogens is 1. The Morgan fingerprint density at radius 1 is 1.14 bits per heavy atom. The van der Waals surface area contributed by atoms with Crippen LogP contribution < -0.4 is 5.56 Å². The SMILES string of the molecule is CCCc1nc2ccc(Br)cc2c(=O)n1N=Cc1ccc(-c2ccccc2)o1. The molecule has 6 heteroatoms. The number of nitrogens with zero attached hydrogens (tertiary/aromatic N) is 3. The highest BCUT2D eigenvalue weighted by atomic mass is 79.9. The van der Waals surface area contributed by atoms with E-state index in [2.05, 4.69) is 26.0 Å². The molecule has 2 heterocycles. The van der Waals surface area contributed by atoms with Crippen LogP contribution in [0.1, 0.15) is 24.9 Å². The largest absolute Gasteiger partial charge is 0.455 e. The molecule has 0 amide bonds. The molecule has 0 unspecified atom stereocenters. The van der Waals surface area contributed by atoms with E-state index in [4.69, 9.17) is 4.42 Å². The quantitative estimate of drug-likeness (QED) is 0.402. The van der Waals surface area contributed by atoms with E-state index in [0.717, 1.165) is 22.2 Å². The van der Waals surface area contributed by atoms with Crippen LogP contribution >= 0.6 is 15.9 Å². The minimum atomic E-state index is -0.194. The zero-order chi connectivity index (χ0) is 19.5. The third-order valence-electron chi connectivity index (χ3n) is 4.33. The molecule has 2 aromatic carbocycles. The Bertz CT molecular complexity index is 1210. The molecule has 2 aromatic heterocycles. The minimum absolute atomic E-state index is 0.194. The van der Waals surface area contributed by atoms with E-state index in [1.165, 1.54) is 4.68 Å². The van der Waals surface area contributed by atoms with Crippen LogP contribution in [0, 0.1) is 0 Å². The van der Waals surface area contributed by atoms with Crippen molar-refractivity contribution in [1.82, 2.24) is 9.66 Å². The molecule has 0 aliphatic rings. The molecule has 0 spiro atoms. The Hall–Kier alpha value is -2.99. The van der Waals surface area contributed by atoms with Crippen LogP contribution in [0.2, 0.25) is 0 Å². The summed E-state index contributed by atoms with van der Waals surface area (Å²) < 4.78 is 8.04. The predicted octanol–water partition coefficient (Wildman–Crippen LogP) is 5.25. The van der Waals surface area contributed by atoms with Crippen molar-refractivity contribution in [1.29, 1.82) is 0 Å². The molecule has 0 saturated carbocycles. The van der Waals surface area contributed by atoms with Crippen LogP contribution in [-0.4, -0.2) is 15.9 Å². The van der Waals surface area contributed by atoms with Crippen molar-refractivity contribution in [2.24, 2.45) is 5.10 Å². The van der Waals surface area contributed by atoms with Crippen LogP contribution in [0.15, 0.2) is 79.4 Å². The van der Waals surface area contributed by atoms with Crippen molar-refractivity contribution in [2.75, 3.05) is 0 Å². The summed E-state index contributed by atoms with van der Waals surface area (Å²) in [7, 11) is 0. The number of rotatable bonds is 5. The average molecular weight is 436 g/mol. The molecule has 0 N–H and O–H groups in total. The molecule has 5 nitrogen and oxygen atoms in total. The molecule has 0 bridgehead atoms. The summed E-state index contributed by atoms with van der Waals surface area (Å²) >= 11 is 3.41. The van der Waals surface area contributed by atoms with Gasteiger partial charge in [-0.1, -0.05) is 53.2 Å². The number of furan rings is 1. The Morgan fingerprint density at radius 2 is 1.96 bits per heavy atom. The van der Waals surface area contributed by atoms with E-state index in [9.17, 15) is 4.79 Å². The Kier molecular flexibility index (Phi) is 5.21. The Morgan fingerprint density at radius 3 is 2.75 bits per heavy atom. The molecular formula is C22H18BrN3O2. The third kappa shape index (κ3) is 3.68. The molecule has 0 radical (unpaired) electrons. The van der Waals surface area contributed by atoms with Gasteiger partial charge in [0.15, 0.2) is 0 Å². The molecule has 0 fully saturated rings. The lowest BCUT2D eigenvalue weighted by atomic mass is 10.2. The number of benzene rings is 2. The van der Waals surface area contributed by atoms with Crippen LogP contribution in [-0.2, 0) is 6.42 Å². The summed E-state index contributed by atoms with van der Waals surface area (Å²) in [6.45, 7) is 2.05. The number of aromatic nitrogens is 2. The standard InChI is InChI=1S/C22H18BrN3O2/c1-2-6-21-25-19-11-9-16(23)13-18(19)22(27)26(21)24-14-17-10-12-20(28-17)15-7-4-3-5-8-15/h3-5,7-14H,2,6H2,1H3. The van der Waals surface area contributed by atoms with Crippen LogP contribution in [0.4, 0.5) is 0 Å². The molecule has 28 heavy (non-hydrogen) atoms. The maximum absolute atomic E-state index is 13.0. The van der Waals surface area contributed by atoms with E-state index in [0.29, 0.717) is 28.9 Å². The highest BCUT2D eigenvalue weighted by Gasteiger charge is 2.11. The molecule has 0 saturated heterocycles. The summed E-state index contributed by atoms with van der Waals surface area (Å²) in [5, 5.41) is 4.91. The van der Waals surface area contributed by atoms with Crippen molar-refractivity contribution >= 4 is 33.0 Å². The summed E-state index contributed by atoms with van der Waals surface area (Å²) in [5.74, 6) is 1.96. The molecule has 140 valence electrons. The summed E-state index contributed by atoms with van der Waals surface area (Å²) in [4.78, 5) is 17.6. The number of aryl methyl sites for hydroxylation is 1. The Balaban J connectivity index is 1.74. The Labute approximate surface area is 170 Å². The first-order valence-corrected chi connectivity index (χ1v) is 9.86. The van der Waals surface area contributed by atoms with Crippen LogP contribution in [0.25, 0.3) is 22.2 Å². The van der Waals surface area contributed by atoms with Crippen LogP contribution in [0.5, 0.6) is 0 Å². The van der Waals surface area contributed by atoms with E-state index in [1.54, 1.807) is 12.3 Å². The van der Waals surface area contributed by atoms with Gasteiger partial charge in [0.1, 0.15) is 17.3 Å². The van der Waals surface area contributed by atoms with E-state index >= 15 is 0 Å². The van der Waals surface area contributed by atoms with Gasteiger partial charge >= 0.3 is 0 Å². The average Bonchev–Trinajstić information content (AvgIpc) is 3.18. The molecule has 0 aliphatic heterocycles. The zero-order valence-corrected chi connectivity index (χ0v) is 16.9. The lowest BCUT2D eigenvalue weighted by molar-refractivity contribution is 0.573. The molecule has 4 aromatic rings. The molecule has 4 rings (SSSR count). The van der Waals surface area contributed by atoms with Gasteiger partial charge in [-0.15, -0.1) is 0 Å². The van der Waals surface area contributed by atoms with Gasteiger partial charge in [-0.2, -0.15) is 9.78 Å². The second-order valence-electron chi connectivity index (χ2n) is 6.37. The van der Waals surface area contributed by atoms with Gasteiger partial charge in [-0.05, 0) is 36.8 Å². The fourth-order valence-electron chi connectivity index (χ4n) is 2.99. The minimum Gasteiger partial charge on any atom is -0.455 e. The van der Waals surface area contributed by atoms with Crippen LogP contribution in [0.3, 0.4) is 0 Å². The highest BCUT2D eigenvalue weighted by Crippen LogP contribution is 2.21. The fraction of sp³-hybridized carbons (Fsp3) is 0.136. The van der Waals surface area contributed by atoms with Gasteiger partial charge in [0.05, 0.1) is 17.1 Å². The molecular weight excluding hydrogens is 418 g/mol. The lowest BCUT2D eigenvalue weighted by Crippen LogP contribution is -2.22. The smallest absolute Gasteiger partial charge is 0.282 e. The normalized spacial score (nSPS) is 11.5. The van der Waals surface area contributed by atoms with E-state index < -0.39 is 0 Å². The lowest BCUT2D eigenvalue weighted by Gasteiger charge is -2.08. The maximum atomic E-state index is 13.0. The van der Waals surface area contributed by atoms with E-state index in [1.807, 2.05) is 61.5 Å². The maximum Gasteiger partial charge on any atom is 0.282 e. The summed E-state index contributed by atoms with van der Waals surface area (Å²) in [5.41, 5.74) is 1.47. The van der Waals surface area contributed by atoms with Crippen molar-refractivity contribution in [3.8, 4) is 11.3 Å². The second kappa shape index (κ2) is 7.94. The summed E-state index contributed by atoms with van der Waals surface area (Å²) in [6.07, 6.45) is 3.08. The topological polar surface area (TPSA) is 60.4 Å². The second-order valence-corrected chi connectivity index (χ2v) is 7.28. The van der Waals surface area contributed by atoms with E-state index in [-0.39, 0.29) is 5.56 Å². The number of fused-ring (bicyclic) bond motifs is 1. The van der Waals surface area contributed by atoms with Gasteiger partial charge in [0.25, 0.3) is 5.56 Å². The van der Waals surface area contributed by atoms with Crippen molar-refractivity contribution in [3.05, 3.63) is 87.1 Å². The van der Waals surface area contributed by atoms with Crippen molar-refractivity contribution in [2.45, 2.75) is 19.8 Å². The summed E-state index contributed by atoms with van der Waals surface area (Å²) in [6, 6.07) is 19.1. The van der Waals surface area contributed by atoms with Gasteiger partial charge in [-0.3, -0.25) is 4.79 Å². The molecule has 0 aliphatic carbocycles. The van der Waals surface area contributed by atoms with Crippen molar-refractivity contribution in [3.63, 3.8) is 0 Å². The van der Waals surface area contributed by atoms with Crippen molar-refractivity contribution < 1.29 is 4.42 Å². The highest BCUT2D eigenvalue weighted by molar-refractivity contribution is 9.10. The first-order chi connectivity index (χ1) is 13.7. The molecule has 0 atom stereocenters. The van der Waals surface area contributed by atoms with Gasteiger partial charge in [0, 0.05) is 16.5 Å². The third-order valence-corrected chi connectivity index (χ3v) is 4.83. The zero-order valence-electron chi connectivity index (χ0n) is 15.3. The monoisotopic (exact) mass is 435 g/mol. The first kappa shape index (κ1) is 18.4.